The Morgan fingerprint density at radius 1 is 1.26 bits per heavy atom. The number of nitrogens with two attached hydrogens (primary N) is 1. The highest BCUT2D eigenvalue weighted by Gasteiger charge is 2.14. The molecule has 96 valence electrons. The number of nitrogen functional groups attached to an aromatic ring is 1. The maximum atomic E-state index is 9.24. The number of aromatic nitrogens is 1. The minimum Gasteiger partial charge on any atom is -0.480 e. The Balaban J connectivity index is 2.71. The topological polar surface area (TPSA) is 71.9 Å². The second-order valence-corrected chi connectivity index (χ2v) is 4.53. The molecule has 0 bridgehead atoms. The number of pyridine rings is 1. The number of nitrogens with zero attached hydrogens (tertiary/aromatic N) is 2. The molecule has 0 spiro atoms. The molecule has 0 unspecified atom stereocenters. The fraction of sp³-hybridized carbons (Fsp3) is 0.0769. The average molecular weight is 294 g/mol. The molecule has 0 atom stereocenters. The zero-order chi connectivity index (χ0) is 14.0. The normalized spacial score (nSPS) is 10.0. The number of rotatable bonds is 2. The Morgan fingerprint density at radius 3 is 2.58 bits per heavy atom. The third kappa shape index (κ3) is 2.58. The van der Waals surface area contributed by atoms with Gasteiger partial charge in [0.05, 0.1) is 17.2 Å². The maximum Gasteiger partial charge on any atom is 0.234 e. The van der Waals surface area contributed by atoms with E-state index in [-0.39, 0.29) is 11.7 Å². The van der Waals surface area contributed by atoms with Crippen molar-refractivity contribution in [2.45, 2.75) is 0 Å². The number of nitriles is 1. The molecular weight excluding hydrogens is 285 g/mol. The van der Waals surface area contributed by atoms with E-state index in [0.717, 1.165) is 5.56 Å². The van der Waals surface area contributed by atoms with Crippen molar-refractivity contribution in [1.82, 2.24) is 4.98 Å². The lowest BCUT2D eigenvalue weighted by atomic mass is 10.0. The van der Waals surface area contributed by atoms with E-state index in [4.69, 9.17) is 33.7 Å². The minimum atomic E-state index is 0.184. The molecule has 2 rings (SSSR count). The summed E-state index contributed by atoms with van der Waals surface area (Å²) in [7, 11) is 1.43. The van der Waals surface area contributed by atoms with Gasteiger partial charge in [0.2, 0.25) is 5.88 Å². The predicted molar refractivity (Wildman–Crippen MR) is 75.4 cm³/mol. The largest absolute Gasteiger partial charge is 0.480 e. The van der Waals surface area contributed by atoms with Gasteiger partial charge in [-0.2, -0.15) is 10.2 Å². The summed E-state index contributed by atoms with van der Waals surface area (Å²) in [4.78, 5) is 3.96. The van der Waals surface area contributed by atoms with Gasteiger partial charge in [-0.25, -0.2) is 0 Å². The van der Waals surface area contributed by atoms with Crippen LogP contribution >= 0.6 is 23.2 Å². The molecule has 6 heteroatoms. The molecule has 0 aliphatic carbocycles. The van der Waals surface area contributed by atoms with E-state index in [2.05, 4.69) is 11.1 Å². The van der Waals surface area contributed by atoms with Crippen molar-refractivity contribution < 1.29 is 4.74 Å². The van der Waals surface area contributed by atoms with E-state index in [0.29, 0.717) is 21.2 Å². The smallest absolute Gasteiger partial charge is 0.234 e. The lowest BCUT2D eigenvalue weighted by Crippen LogP contribution is -1.99. The first-order chi connectivity index (χ1) is 9.06. The first kappa shape index (κ1) is 13.5. The number of ether oxygens (including phenoxy) is 1. The molecule has 0 radical (unpaired) electrons. The summed E-state index contributed by atoms with van der Waals surface area (Å²) >= 11 is 11.9. The Kier molecular flexibility index (Phi) is 3.79. The first-order valence-corrected chi connectivity index (χ1v) is 6.02. The Hall–Kier alpha value is -1.96. The standard InChI is InChI=1S/C13H9Cl2N3O/c1-19-13-9(6-16)8(5-12(17)18-13)7-2-3-10(14)11(15)4-7/h2-5H,1H3,(H2,17,18). The number of methoxy groups -OCH3 is 1. The third-order valence-corrected chi connectivity index (χ3v) is 3.28. The molecule has 0 saturated carbocycles. The molecule has 0 fully saturated rings. The summed E-state index contributed by atoms with van der Waals surface area (Å²) in [6.45, 7) is 0. The molecule has 1 aromatic carbocycles. The van der Waals surface area contributed by atoms with E-state index in [9.17, 15) is 5.26 Å². The average Bonchev–Trinajstić information content (AvgIpc) is 2.40. The van der Waals surface area contributed by atoms with Crippen molar-refractivity contribution in [3.8, 4) is 23.1 Å². The highest BCUT2D eigenvalue weighted by molar-refractivity contribution is 6.42. The van der Waals surface area contributed by atoms with Crippen LogP contribution in [0.5, 0.6) is 5.88 Å². The summed E-state index contributed by atoms with van der Waals surface area (Å²) in [6.07, 6.45) is 0. The monoisotopic (exact) mass is 293 g/mol. The Bertz CT molecular complexity index is 680. The van der Waals surface area contributed by atoms with Crippen LogP contribution in [0.3, 0.4) is 0 Å². The molecule has 4 nitrogen and oxygen atoms in total. The minimum absolute atomic E-state index is 0.184. The zero-order valence-electron chi connectivity index (χ0n) is 9.95. The second-order valence-electron chi connectivity index (χ2n) is 3.72. The quantitative estimate of drug-likeness (QED) is 0.919. The number of hydrogen-bond donors (Lipinski definition) is 1. The molecule has 1 heterocycles. The molecule has 2 aromatic rings. The first-order valence-electron chi connectivity index (χ1n) is 5.27. The van der Waals surface area contributed by atoms with Gasteiger partial charge in [0, 0.05) is 5.56 Å². The van der Waals surface area contributed by atoms with E-state index in [1.54, 1.807) is 24.3 Å². The van der Waals surface area contributed by atoms with Crippen LogP contribution in [0.15, 0.2) is 24.3 Å². The van der Waals surface area contributed by atoms with Crippen LogP contribution in [0.2, 0.25) is 10.0 Å². The summed E-state index contributed by atoms with van der Waals surface area (Å²) in [6, 6.07) is 8.73. The van der Waals surface area contributed by atoms with Crippen LogP contribution in [-0.2, 0) is 0 Å². The van der Waals surface area contributed by atoms with Crippen LogP contribution in [0.25, 0.3) is 11.1 Å². The van der Waals surface area contributed by atoms with Crippen LogP contribution in [-0.4, -0.2) is 12.1 Å². The van der Waals surface area contributed by atoms with Crippen molar-refractivity contribution in [3.63, 3.8) is 0 Å². The van der Waals surface area contributed by atoms with Gasteiger partial charge in [-0.05, 0) is 23.8 Å². The highest BCUT2D eigenvalue weighted by atomic mass is 35.5. The van der Waals surface area contributed by atoms with Crippen molar-refractivity contribution >= 4 is 29.0 Å². The molecule has 0 saturated heterocycles. The van der Waals surface area contributed by atoms with Crippen molar-refractivity contribution in [2.75, 3.05) is 12.8 Å². The summed E-state index contributed by atoms with van der Waals surface area (Å²) in [5, 5.41) is 10.1. The second kappa shape index (κ2) is 5.35. The number of hydrogen-bond acceptors (Lipinski definition) is 4. The lowest BCUT2D eigenvalue weighted by Gasteiger charge is -2.10. The molecule has 2 N–H and O–H groups in total. The summed E-state index contributed by atoms with van der Waals surface area (Å²) in [5.74, 6) is 0.445. The van der Waals surface area contributed by atoms with Gasteiger partial charge in [-0.3, -0.25) is 0 Å². The summed E-state index contributed by atoms with van der Waals surface area (Å²) in [5.41, 5.74) is 7.33. The Labute approximate surface area is 120 Å². The van der Waals surface area contributed by atoms with E-state index in [1.807, 2.05) is 0 Å². The van der Waals surface area contributed by atoms with Crippen molar-refractivity contribution in [1.29, 1.82) is 5.26 Å². The molecule has 19 heavy (non-hydrogen) atoms. The molecule has 0 amide bonds. The van der Waals surface area contributed by atoms with Crippen molar-refractivity contribution in [2.24, 2.45) is 0 Å². The van der Waals surface area contributed by atoms with Crippen LogP contribution in [0.4, 0.5) is 5.82 Å². The maximum absolute atomic E-state index is 9.24. The van der Waals surface area contributed by atoms with Gasteiger partial charge < -0.3 is 10.5 Å². The lowest BCUT2D eigenvalue weighted by molar-refractivity contribution is 0.397. The molecule has 1 aromatic heterocycles. The highest BCUT2D eigenvalue weighted by Crippen LogP contribution is 2.34. The molecular formula is C13H9Cl2N3O. The SMILES string of the molecule is COc1nc(N)cc(-c2ccc(Cl)c(Cl)c2)c1C#N. The van der Waals surface area contributed by atoms with Crippen LogP contribution in [0.1, 0.15) is 5.56 Å². The predicted octanol–water partition coefficient (Wildman–Crippen LogP) is 3.52. The molecule has 0 aliphatic rings. The van der Waals surface area contributed by atoms with Gasteiger partial charge in [0.1, 0.15) is 17.5 Å². The van der Waals surface area contributed by atoms with Crippen molar-refractivity contribution in [3.05, 3.63) is 39.9 Å². The summed E-state index contributed by atoms with van der Waals surface area (Å²) < 4.78 is 5.06. The zero-order valence-corrected chi connectivity index (χ0v) is 11.5. The van der Waals surface area contributed by atoms with E-state index in [1.165, 1.54) is 7.11 Å². The van der Waals surface area contributed by atoms with Gasteiger partial charge >= 0.3 is 0 Å². The fourth-order valence-corrected chi connectivity index (χ4v) is 1.99. The van der Waals surface area contributed by atoms with Gasteiger partial charge in [0.25, 0.3) is 0 Å². The van der Waals surface area contributed by atoms with E-state index >= 15 is 0 Å². The van der Waals surface area contributed by atoms with Crippen LogP contribution in [0, 0.1) is 11.3 Å². The van der Waals surface area contributed by atoms with Gasteiger partial charge in [-0.15, -0.1) is 0 Å². The Morgan fingerprint density at radius 2 is 2.00 bits per heavy atom. The number of benzene rings is 1. The van der Waals surface area contributed by atoms with Gasteiger partial charge in [-0.1, -0.05) is 29.3 Å². The molecule has 0 aliphatic heterocycles. The number of halogens is 2. The van der Waals surface area contributed by atoms with E-state index < -0.39 is 0 Å². The number of anilines is 1. The van der Waals surface area contributed by atoms with Gasteiger partial charge in [0.15, 0.2) is 0 Å². The van der Waals surface area contributed by atoms with Crippen LogP contribution < -0.4 is 10.5 Å². The third-order valence-electron chi connectivity index (χ3n) is 2.54. The fourth-order valence-electron chi connectivity index (χ4n) is 1.69.